The summed E-state index contributed by atoms with van der Waals surface area (Å²) in [6, 6.07) is 18.2. The lowest BCUT2D eigenvalue weighted by Gasteiger charge is -2.03. The molecule has 1 heterocycles. The normalized spacial score (nSPS) is 10.6. The second kappa shape index (κ2) is 6.62. The van der Waals surface area contributed by atoms with E-state index in [0.29, 0.717) is 12.1 Å². The van der Waals surface area contributed by atoms with Gasteiger partial charge in [-0.3, -0.25) is 9.48 Å². The molecular weight excluding hydrogens is 292 g/mol. The molecule has 0 unspecified atom stereocenters. The van der Waals surface area contributed by atoms with Crippen LogP contribution < -0.4 is 0 Å². The van der Waals surface area contributed by atoms with Gasteiger partial charge in [-0.1, -0.05) is 42.5 Å². The Morgan fingerprint density at radius 1 is 1.09 bits per heavy atom. The van der Waals surface area contributed by atoms with Crippen LogP contribution in [-0.2, 0) is 6.54 Å². The third-order valence-electron chi connectivity index (χ3n) is 3.47. The molecule has 110 valence electrons. The number of carbonyl (C=O) groups is 1. The summed E-state index contributed by atoms with van der Waals surface area (Å²) in [6.07, 6.45) is 4.73. The van der Waals surface area contributed by atoms with E-state index in [-0.39, 0.29) is 0 Å². The van der Waals surface area contributed by atoms with Crippen LogP contribution in [0.15, 0.2) is 65.7 Å². The topological polar surface area (TPSA) is 34.9 Å². The first-order valence-electron chi connectivity index (χ1n) is 7.01. The van der Waals surface area contributed by atoms with Crippen molar-refractivity contribution in [2.24, 2.45) is 0 Å². The number of rotatable bonds is 5. The number of thioether (sulfide) groups is 1. The van der Waals surface area contributed by atoms with E-state index in [2.05, 4.69) is 35.6 Å². The van der Waals surface area contributed by atoms with Gasteiger partial charge in [0.2, 0.25) is 0 Å². The molecule has 0 aliphatic rings. The summed E-state index contributed by atoms with van der Waals surface area (Å²) in [7, 11) is 0. The van der Waals surface area contributed by atoms with E-state index in [1.54, 1.807) is 18.0 Å². The summed E-state index contributed by atoms with van der Waals surface area (Å²) in [5, 5.41) is 4.57. The molecule has 3 rings (SSSR count). The minimum atomic E-state index is 0.618. The maximum atomic E-state index is 11.3. The predicted octanol–water partition coefficient (Wildman–Crippen LogP) is 4.13. The Morgan fingerprint density at radius 2 is 1.82 bits per heavy atom. The van der Waals surface area contributed by atoms with Crippen LogP contribution in [-0.4, -0.2) is 22.3 Å². The molecule has 0 aliphatic heterocycles. The zero-order chi connectivity index (χ0) is 15.4. The zero-order valence-electron chi connectivity index (χ0n) is 12.3. The van der Waals surface area contributed by atoms with Crippen molar-refractivity contribution in [2.75, 3.05) is 6.26 Å². The van der Waals surface area contributed by atoms with Crippen molar-refractivity contribution in [3.05, 3.63) is 71.9 Å². The number of hydrogen-bond donors (Lipinski definition) is 0. The molecule has 3 aromatic rings. The van der Waals surface area contributed by atoms with Crippen molar-refractivity contribution in [1.82, 2.24) is 9.78 Å². The molecule has 0 spiro atoms. The Morgan fingerprint density at radius 3 is 2.45 bits per heavy atom. The first-order chi connectivity index (χ1) is 10.8. The highest BCUT2D eigenvalue weighted by molar-refractivity contribution is 7.98. The van der Waals surface area contributed by atoms with Gasteiger partial charge < -0.3 is 0 Å². The van der Waals surface area contributed by atoms with Crippen LogP contribution in [0.3, 0.4) is 0 Å². The highest BCUT2D eigenvalue weighted by atomic mass is 32.2. The smallest absolute Gasteiger partial charge is 0.153 e. The maximum absolute atomic E-state index is 11.3. The Bertz CT molecular complexity index is 764. The van der Waals surface area contributed by atoms with Gasteiger partial charge in [-0.2, -0.15) is 5.10 Å². The van der Waals surface area contributed by atoms with Gasteiger partial charge in [0.1, 0.15) is 5.69 Å². The summed E-state index contributed by atoms with van der Waals surface area (Å²) < 4.78 is 1.82. The third-order valence-corrected chi connectivity index (χ3v) is 4.21. The number of benzene rings is 2. The molecule has 0 atom stereocenters. The Kier molecular flexibility index (Phi) is 4.39. The fourth-order valence-electron chi connectivity index (χ4n) is 2.34. The van der Waals surface area contributed by atoms with E-state index in [1.165, 1.54) is 4.90 Å². The monoisotopic (exact) mass is 308 g/mol. The fourth-order valence-corrected chi connectivity index (χ4v) is 2.75. The molecule has 1 aromatic heterocycles. The molecule has 0 amide bonds. The molecule has 0 radical (unpaired) electrons. The van der Waals surface area contributed by atoms with Crippen molar-refractivity contribution in [2.45, 2.75) is 11.4 Å². The molecule has 0 fully saturated rings. The van der Waals surface area contributed by atoms with Crippen molar-refractivity contribution >= 4 is 18.0 Å². The lowest BCUT2D eigenvalue weighted by atomic mass is 10.1. The van der Waals surface area contributed by atoms with E-state index < -0.39 is 0 Å². The largest absolute Gasteiger partial charge is 0.298 e. The number of aldehydes is 1. The summed E-state index contributed by atoms with van der Waals surface area (Å²) in [6.45, 7) is 0.655. The maximum Gasteiger partial charge on any atom is 0.153 e. The zero-order valence-corrected chi connectivity index (χ0v) is 13.1. The van der Waals surface area contributed by atoms with Gasteiger partial charge in [-0.25, -0.2) is 0 Å². The molecular formula is C18H16N2OS. The van der Waals surface area contributed by atoms with Crippen LogP contribution in [0.25, 0.3) is 11.3 Å². The quantitative estimate of drug-likeness (QED) is 0.525. The highest BCUT2D eigenvalue weighted by Crippen LogP contribution is 2.21. The Hall–Kier alpha value is -2.33. The standard InChI is InChI=1S/C18H16N2OS/c1-22-17-9-7-14(8-10-17)11-20-12-16(13-21)18(19-20)15-5-3-2-4-6-15/h2-10,12-13H,11H2,1H3. The van der Waals surface area contributed by atoms with Gasteiger partial charge in [-0.15, -0.1) is 11.8 Å². The lowest BCUT2D eigenvalue weighted by Crippen LogP contribution is -2.00. The van der Waals surface area contributed by atoms with Gasteiger partial charge in [-0.05, 0) is 24.0 Å². The van der Waals surface area contributed by atoms with Crippen molar-refractivity contribution in [3.63, 3.8) is 0 Å². The van der Waals surface area contributed by atoms with Crippen molar-refractivity contribution < 1.29 is 4.79 Å². The molecule has 3 nitrogen and oxygen atoms in total. The van der Waals surface area contributed by atoms with E-state index in [4.69, 9.17) is 0 Å². The van der Waals surface area contributed by atoms with E-state index in [1.807, 2.05) is 35.0 Å². The van der Waals surface area contributed by atoms with Crippen LogP contribution in [0.4, 0.5) is 0 Å². The molecule has 0 saturated carbocycles. The van der Waals surface area contributed by atoms with E-state index in [0.717, 1.165) is 23.1 Å². The van der Waals surface area contributed by atoms with E-state index >= 15 is 0 Å². The molecule has 4 heteroatoms. The first kappa shape index (κ1) is 14.6. The van der Waals surface area contributed by atoms with Crippen LogP contribution in [0, 0.1) is 0 Å². The van der Waals surface area contributed by atoms with Gasteiger partial charge in [0.05, 0.1) is 12.1 Å². The van der Waals surface area contributed by atoms with Crippen LogP contribution >= 0.6 is 11.8 Å². The first-order valence-corrected chi connectivity index (χ1v) is 8.23. The molecule has 0 aliphatic carbocycles. The molecule has 0 N–H and O–H groups in total. The molecule has 2 aromatic carbocycles. The van der Waals surface area contributed by atoms with Crippen LogP contribution in [0.1, 0.15) is 15.9 Å². The number of carbonyl (C=O) groups excluding carboxylic acids is 1. The summed E-state index contributed by atoms with van der Waals surface area (Å²) >= 11 is 1.72. The fraction of sp³-hybridized carbons (Fsp3) is 0.111. The average Bonchev–Trinajstić information content (AvgIpc) is 2.99. The second-order valence-corrected chi connectivity index (χ2v) is 5.84. The number of aromatic nitrogens is 2. The summed E-state index contributed by atoms with van der Waals surface area (Å²) in [5.74, 6) is 0. The lowest BCUT2D eigenvalue weighted by molar-refractivity contribution is 0.112. The molecule has 0 bridgehead atoms. The molecule has 22 heavy (non-hydrogen) atoms. The third kappa shape index (κ3) is 3.12. The predicted molar refractivity (Wildman–Crippen MR) is 90.4 cm³/mol. The van der Waals surface area contributed by atoms with Crippen LogP contribution in [0.2, 0.25) is 0 Å². The second-order valence-electron chi connectivity index (χ2n) is 4.96. The Balaban J connectivity index is 1.88. The van der Waals surface area contributed by atoms with Gasteiger partial charge in [0.15, 0.2) is 6.29 Å². The average molecular weight is 308 g/mol. The number of nitrogens with zero attached hydrogens (tertiary/aromatic N) is 2. The van der Waals surface area contributed by atoms with Gasteiger partial charge in [0, 0.05) is 16.7 Å². The van der Waals surface area contributed by atoms with Crippen molar-refractivity contribution in [3.8, 4) is 11.3 Å². The minimum Gasteiger partial charge on any atom is -0.298 e. The van der Waals surface area contributed by atoms with Crippen molar-refractivity contribution in [1.29, 1.82) is 0 Å². The minimum absolute atomic E-state index is 0.618. The number of hydrogen-bond acceptors (Lipinski definition) is 3. The van der Waals surface area contributed by atoms with Gasteiger partial charge in [0.25, 0.3) is 0 Å². The Labute approximate surface area is 134 Å². The molecule has 0 saturated heterocycles. The summed E-state index contributed by atoms with van der Waals surface area (Å²) in [4.78, 5) is 12.5. The van der Waals surface area contributed by atoms with E-state index in [9.17, 15) is 4.79 Å². The summed E-state index contributed by atoms with van der Waals surface area (Å²) in [5.41, 5.74) is 3.47. The highest BCUT2D eigenvalue weighted by Gasteiger charge is 2.10. The van der Waals surface area contributed by atoms with Gasteiger partial charge >= 0.3 is 0 Å². The van der Waals surface area contributed by atoms with Crippen LogP contribution in [0.5, 0.6) is 0 Å². The SMILES string of the molecule is CSc1ccc(Cn2cc(C=O)c(-c3ccccc3)n2)cc1.